The van der Waals surface area contributed by atoms with Gasteiger partial charge in [-0.3, -0.25) is 0 Å². The Morgan fingerprint density at radius 1 is 0.667 bits per heavy atom. The van der Waals surface area contributed by atoms with Crippen molar-refractivity contribution in [3.05, 3.63) is 78.4 Å². The number of hydrogen-bond acceptors (Lipinski definition) is 2. The molecule has 6 heteroatoms. The average molecular weight is 538 g/mol. The molecule has 3 aromatic rings. The third kappa shape index (κ3) is 2.24. The van der Waals surface area contributed by atoms with Crippen LogP contribution in [0, 0.1) is 11.6 Å². The summed E-state index contributed by atoms with van der Waals surface area (Å²) in [6, 6.07) is 17.6. The summed E-state index contributed by atoms with van der Waals surface area (Å²) >= 11 is -3.24. The third-order valence-corrected chi connectivity index (χ3v) is 17.1. The Morgan fingerprint density at radius 2 is 1.17 bits per heavy atom. The van der Waals surface area contributed by atoms with Crippen LogP contribution in [0.5, 0.6) is 0 Å². The molecular formula is C18H11BiF2O2S. The Hall–Kier alpha value is -1.65. The Morgan fingerprint density at radius 3 is 1.75 bits per heavy atom. The Balaban J connectivity index is 2.11. The maximum atomic E-state index is 14.5. The van der Waals surface area contributed by atoms with E-state index in [1.807, 2.05) is 0 Å². The first-order valence-electron chi connectivity index (χ1n) is 7.19. The van der Waals surface area contributed by atoms with E-state index in [0.717, 1.165) is 6.07 Å². The molecule has 24 heavy (non-hydrogen) atoms. The topological polar surface area (TPSA) is 34.1 Å². The van der Waals surface area contributed by atoms with Crippen LogP contribution in [0.15, 0.2) is 76.5 Å². The van der Waals surface area contributed by atoms with Gasteiger partial charge in [-0.25, -0.2) is 0 Å². The summed E-state index contributed by atoms with van der Waals surface area (Å²) in [4.78, 5) is 0.454. The Bertz CT molecular complexity index is 1010. The van der Waals surface area contributed by atoms with Crippen molar-refractivity contribution >= 4 is 41.4 Å². The first kappa shape index (κ1) is 15.9. The third-order valence-electron chi connectivity index (χ3n) is 3.96. The molecule has 0 aromatic heterocycles. The molecule has 0 aliphatic carbocycles. The molecule has 0 bridgehead atoms. The molecule has 1 heterocycles. The van der Waals surface area contributed by atoms with E-state index < -0.39 is 43.2 Å². The van der Waals surface area contributed by atoms with E-state index in [2.05, 4.69) is 0 Å². The predicted octanol–water partition coefficient (Wildman–Crippen LogP) is 1.63. The van der Waals surface area contributed by atoms with Crippen LogP contribution in [0.1, 0.15) is 0 Å². The monoisotopic (exact) mass is 538 g/mol. The number of fused-ring (bicyclic) bond motifs is 2. The van der Waals surface area contributed by atoms with Crippen molar-refractivity contribution in [1.29, 1.82) is 0 Å². The van der Waals surface area contributed by atoms with Crippen molar-refractivity contribution < 1.29 is 17.2 Å². The maximum absolute atomic E-state index is 14.5. The van der Waals surface area contributed by atoms with Gasteiger partial charge in [0.05, 0.1) is 0 Å². The molecule has 0 amide bonds. The summed E-state index contributed by atoms with van der Waals surface area (Å²) in [6.07, 6.45) is 0. The second kappa shape index (κ2) is 5.71. The van der Waals surface area contributed by atoms with E-state index in [4.69, 9.17) is 0 Å². The number of rotatable bonds is 1. The molecule has 1 aliphatic rings. The quantitative estimate of drug-likeness (QED) is 0.346. The van der Waals surface area contributed by atoms with Gasteiger partial charge in [0, 0.05) is 0 Å². The summed E-state index contributed by atoms with van der Waals surface area (Å²) in [7, 11) is -3.63. The van der Waals surface area contributed by atoms with Crippen LogP contribution >= 0.6 is 0 Å². The number of hydrogen-bond donors (Lipinski definition) is 0. The molecule has 0 saturated carbocycles. The van der Waals surface area contributed by atoms with Gasteiger partial charge in [0.25, 0.3) is 0 Å². The van der Waals surface area contributed by atoms with Gasteiger partial charge < -0.3 is 0 Å². The van der Waals surface area contributed by atoms with Gasteiger partial charge in [0.1, 0.15) is 0 Å². The molecule has 0 fully saturated rings. The van der Waals surface area contributed by atoms with Crippen LogP contribution in [-0.4, -0.2) is 30.2 Å². The van der Waals surface area contributed by atoms with Crippen molar-refractivity contribution in [3.8, 4) is 0 Å². The van der Waals surface area contributed by atoms with Crippen LogP contribution < -0.4 is 9.81 Å². The van der Waals surface area contributed by atoms with Crippen molar-refractivity contribution in [3.63, 3.8) is 0 Å². The van der Waals surface area contributed by atoms with Gasteiger partial charge in [0.15, 0.2) is 0 Å². The van der Waals surface area contributed by atoms with E-state index in [1.165, 1.54) is 6.07 Å². The van der Waals surface area contributed by atoms with Gasteiger partial charge in [-0.1, -0.05) is 0 Å². The molecule has 0 unspecified atom stereocenters. The van der Waals surface area contributed by atoms with E-state index in [-0.39, 0.29) is 9.79 Å². The summed E-state index contributed by atoms with van der Waals surface area (Å²) in [5.74, 6) is -1.76. The molecule has 0 atom stereocenters. The fourth-order valence-corrected chi connectivity index (χ4v) is 18.0. The van der Waals surface area contributed by atoms with Crippen LogP contribution in [0.3, 0.4) is 0 Å². The second-order valence-corrected chi connectivity index (χ2v) is 15.5. The summed E-state index contributed by atoms with van der Waals surface area (Å²) in [5, 5.41) is 0. The second-order valence-electron chi connectivity index (χ2n) is 5.35. The van der Waals surface area contributed by atoms with Gasteiger partial charge >= 0.3 is 147 Å². The zero-order valence-corrected chi connectivity index (χ0v) is 16.6. The van der Waals surface area contributed by atoms with E-state index in [9.17, 15) is 17.2 Å². The van der Waals surface area contributed by atoms with Gasteiger partial charge in [-0.05, 0) is 0 Å². The molecule has 1 aliphatic heterocycles. The van der Waals surface area contributed by atoms with Gasteiger partial charge in [0.2, 0.25) is 0 Å². The van der Waals surface area contributed by atoms with E-state index in [0.29, 0.717) is 9.81 Å². The predicted molar refractivity (Wildman–Crippen MR) is 89.3 cm³/mol. The van der Waals surface area contributed by atoms with Crippen LogP contribution in [-0.2, 0) is 9.84 Å². The standard InChI is InChI=1S/C12H8O2S.C6H3F2.Bi/c13-15(14,11-7-3-1-4-8-11)12-9-5-2-6-10-12;7-5-3-1-2-4-6(5)8;/h1-7,9H;1-3H;. The zero-order chi connectivity index (χ0) is 16.9. The normalized spacial score (nSPS) is 15.6. The summed E-state index contributed by atoms with van der Waals surface area (Å²) in [6.45, 7) is 0. The number of benzene rings is 3. The molecule has 120 valence electrons. The first-order valence-corrected chi connectivity index (χ1v) is 13.9. The average Bonchev–Trinajstić information content (AvgIpc) is 2.59. The number of sulfone groups is 1. The molecule has 0 radical (unpaired) electrons. The van der Waals surface area contributed by atoms with Gasteiger partial charge in [-0.15, -0.1) is 0 Å². The minimum atomic E-state index is -3.63. The van der Waals surface area contributed by atoms with Gasteiger partial charge in [-0.2, -0.15) is 0 Å². The van der Waals surface area contributed by atoms with Crippen LogP contribution in [0.25, 0.3) is 0 Å². The van der Waals surface area contributed by atoms with Crippen LogP contribution in [0.2, 0.25) is 0 Å². The zero-order valence-electron chi connectivity index (χ0n) is 12.3. The molecular weight excluding hydrogens is 527 g/mol. The van der Waals surface area contributed by atoms with Crippen molar-refractivity contribution in [2.75, 3.05) is 0 Å². The fraction of sp³-hybridized carbons (Fsp3) is 0. The van der Waals surface area contributed by atoms with Crippen molar-refractivity contribution in [2.45, 2.75) is 9.79 Å². The first-order chi connectivity index (χ1) is 11.5. The summed E-state index contributed by atoms with van der Waals surface area (Å²) < 4.78 is 55.7. The molecule has 2 nitrogen and oxygen atoms in total. The fourth-order valence-electron chi connectivity index (χ4n) is 2.91. The molecule has 0 saturated heterocycles. The van der Waals surface area contributed by atoms with Crippen molar-refractivity contribution in [2.24, 2.45) is 0 Å². The van der Waals surface area contributed by atoms with Crippen molar-refractivity contribution in [1.82, 2.24) is 0 Å². The minimum absolute atomic E-state index is 0.227. The summed E-state index contributed by atoms with van der Waals surface area (Å²) in [5.41, 5.74) is 0. The van der Waals surface area contributed by atoms with E-state index >= 15 is 0 Å². The van der Waals surface area contributed by atoms with E-state index in [1.54, 1.807) is 54.6 Å². The number of halogens is 2. The Kier molecular flexibility index (Phi) is 3.77. The SMILES string of the molecule is O=S1(=O)c2cccc[c]2[Bi]([c]2cccc(F)c2F)[c]2ccccc21. The van der Waals surface area contributed by atoms with Crippen LogP contribution in [0.4, 0.5) is 8.78 Å². The molecule has 0 spiro atoms. The Labute approximate surface area is 146 Å². The molecule has 4 rings (SSSR count). The molecule has 0 N–H and O–H groups in total. The molecule has 3 aromatic carbocycles.